The van der Waals surface area contributed by atoms with Crippen LogP contribution in [-0.4, -0.2) is 4.86 Å². The van der Waals surface area contributed by atoms with E-state index in [-0.39, 0.29) is 6.04 Å². The molecular weight excluding hydrogens is 248 g/mol. The fourth-order valence-corrected chi connectivity index (χ4v) is 3.01. The number of rotatable bonds is 0. The van der Waals surface area contributed by atoms with E-state index in [2.05, 4.69) is 12.6 Å². The van der Waals surface area contributed by atoms with Crippen molar-refractivity contribution in [2.75, 3.05) is 5.73 Å². The van der Waals surface area contributed by atoms with Crippen LogP contribution >= 0.6 is 24.8 Å². The third kappa shape index (κ3) is 1.48. The summed E-state index contributed by atoms with van der Waals surface area (Å²) in [4.78, 5) is 1.70. The topological polar surface area (TPSA) is 52.0 Å². The number of hydrogen-bond donors (Lipinski definition) is 3. The van der Waals surface area contributed by atoms with Crippen molar-refractivity contribution in [2.24, 2.45) is 5.73 Å². The van der Waals surface area contributed by atoms with Crippen LogP contribution in [0.3, 0.4) is 0 Å². The second-order valence-electron chi connectivity index (χ2n) is 4.36. The van der Waals surface area contributed by atoms with Gasteiger partial charge < -0.3 is 11.5 Å². The first-order valence-electron chi connectivity index (χ1n) is 5.41. The molecule has 2 aromatic rings. The van der Waals surface area contributed by atoms with E-state index in [9.17, 15) is 0 Å². The SMILES string of the molecule is Nc1cc2c3c(cccc3c1S)C(N)C(=S)C2. The Bertz CT molecular complexity index is 649. The van der Waals surface area contributed by atoms with Crippen molar-refractivity contribution in [2.45, 2.75) is 17.4 Å². The van der Waals surface area contributed by atoms with E-state index in [4.69, 9.17) is 23.7 Å². The fourth-order valence-electron chi connectivity index (χ4n) is 2.48. The van der Waals surface area contributed by atoms with Gasteiger partial charge in [0.15, 0.2) is 0 Å². The third-order valence-electron chi connectivity index (χ3n) is 3.32. The molecule has 0 aliphatic heterocycles. The highest BCUT2D eigenvalue weighted by molar-refractivity contribution is 7.80. The Morgan fingerprint density at radius 3 is 2.88 bits per heavy atom. The maximum atomic E-state index is 6.14. The van der Waals surface area contributed by atoms with Gasteiger partial charge in [-0.25, -0.2) is 0 Å². The van der Waals surface area contributed by atoms with Gasteiger partial charge in [-0.3, -0.25) is 0 Å². The zero-order valence-corrected chi connectivity index (χ0v) is 10.8. The molecule has 1 aliphatic rings. The molecule has 0 spiro atoms. The maximum absolute atomic E-state index is 6.14. The van der Waals surface area contributed by atoms with Gasteiger partial charge in [-0.05, 0) is 28.0 Å². The number of nitrogens with two attached hydrogens (primary N) is 2. The molecule has 0 heterocycles. The van der Waals surface area contributed by atoms with Crippen LogP contribution in [0.4, 0.5) is 5.69 Å². The van der Waals surface area contributed by atoms with Crippen molar-refractivity contribution in [1.82, 2.24) is 0 Å². The van der Waals surface area contributed by atoms with Crippen LogP contribution in [0.25, 0.3) is 10.8 Å². The second kappa shape index (κ2) is 3.70. The quantitative estimate of drug-likeness (QED) is 0.388. The molecule has 4 N–H and O–H groups in total. The highest BCUT2D eigenvalue weighted by Gasteiger charge is 2.24. The molecule has 0 amide bonds. The van der Waals surface area contributed by atoms with Gasteiger partial charge in [-0.1, -0.05) is 30.4 Å². The molecule has 1 unspecified atom stereocenters. The van der Waals surface area contributed by atoms with Gasteiger partial charge in [0.05, 0.1) is 6.04 Å². The van der Waals surface area contributed by atoms with Gasteiger partial charge in [0, 0.05) is 21.9 Å². The molecule has 1 atom stereocenters. The van der Waals surface area contributed by atoms with Crippen molar-refractivity contribution in [3.63, 3.8) is 0 Å². The molecule has 3 rings (SSSR count). The number of nitrogen functional groups attached to an aromatic ring is 1. The Morgan fingerprint density at radius 2 is 2.12 bits per heavy atom. The fraction of sp³-hybridized carbons (Fsp3) is 0.154. The Labute approximate surface area is 110 Å². The predicted molar refractivity (Wildman–Crippen MR) is 78.8 cm³/mol. The Kier molecular flexibility index (Phi) is 2.40. The largest absolute Gasteiger partial charge is 0.398 e. The van der Waals surface area contributed by atoms with Gasteiger partial charge in [0.1, 0.15) is 0 Å². The first-order valence-corrected chi connectivity index (χ1v) is 6.26. The smallest absolute Gasteiger partial charge is 0.0625 e. The Balaban J connectivity index is 2.50. The van der Waals surface area contributed by atoms with Gasteiger partial charge in [0.2, 0.25) is 0 Å². The van der Waals surface area contributed by atoms with Crippen molar-refractivity contribution in [3.8, 4) is 0 Å². The van der Waals surface area contributed by atoms with E-state index in [0.717, 1.165) is 32.7 Å². The number of thiocarbonyl (C=S) groups is 1. The average Bonchev–Trinajstić information content (AvgIpc) is 2.32. The summed E-state index contributed by atoms with van der Waals surface area (Å²) in [5.41, 5.74) is 15.1. The Hall–Kier alpha value is -1.10. The standard InChI is InChI=1S/C13H12N2S2/c14-9-4-6-5-10(16)12(15)7-2-1-3-8(11(6)7)13(9)17/h1-4,12,17H,5,14-15H2. The van der Waals surface area contributed by atoms with E-state index in [0.29, 0.717) is 5.69 Å². The lowest BCUT2D eigenvalue weighted by Gasteiger charge is -2.25. The minimum absolute atomic E-state index is 0.155. The summed E-state index contributed by atoms with van der Waals surface area (Å²) in [7, 11) is 0. The maximum Gasteiger partial charge on any atom is 0.0625 e. The molecule has 0 fully saturated rings. The molecule has 1 aliphatic carbocycles. The van der Waals surface area contributed by atoms with Gasteiger partial charge >= 0.3 is 0 Å². The van der Waals surface area contributed by atoms with Gasteiger partial charge in [-0.2, -0.15) is 0 Å². The Morgan fingerprint density at radius 1 is 1.35 bits per heavy atom. The highest BCUT2D eigenvalue weighted by atomic mass is 32.1. The van der Waals surface area contributed by atoms with Crippen molar-refractivity contribution in [3.05, 3.63) is 35.4 Å². The summed E-state index contributed by atoms with van der Waals surface area (Å²) in [6, 6.07) is 7.85. The summed E-state index contributed by atoms with van der Waals surface area (Å²) >= 11 is 9.82. The van der Waals surface area contributed by atoms with Crippen LogP contribution in [0.5, 0.6) is 0 Å². The molecule has 17 heavy (non-hydrogen) atoms. The number of thiol groups is 1. The first kappa shape index (κ1) is 11.0. The minimum Gasteiger partial charge on any atom is -0.398 e. The van der Waals surface area contributed by atoms with Gasteiger partial charge in [-0.15, -0.1) is 12.6 Å². The lowest BCUT2D eigenvalue weighted by atomic mass is 9.85. The van der Waals surface area contributed by atoms with E-state index >= 15 is 0 Å². The summed E-state index contributed by atoms with van der Waals surface area (Å²) in [6.45, 7) is 0. The molecule has 4 heteroatoms. The van der Waals surface area contributed by atoms with E-state index in [1.807, 2.05) is 24.3 Å². The van der Waals surface area contributed by atoms with Crippen LogP contribution in [0.15, 0.2) is 29.2 Å². The molecule has 86 valence electrons. The zero-order chi connectivity index (χ0) is 12.2. The molecule has 0 aromatic heterocycles. The second-order valence-corrected chi connectivity index (χ2v) is 5.34. The number of hydrogen-bond acceptors (Lipinski definition) is 4. The normalized spacial score (nSPS) is 18.7. The van der Waals surface area contributed by atoms with E-state index in [1.54, 1.807) is 0 Å². The lowest BCUT2D eigenvalue weighted by molar-refractivity contribution is 0.950. The monoisotopic (exact) mass is 260 g/mol. The molecular formula is C13H12N2S2. The highest BCUT2D eigenvalue weighted by Crippen LogP contribution is 2.38. The third-order valence-corrected chi connectivity index (χ3v) is 4.22. The van der Waals surface area contributed by atoms with Gasteiger partial charge in [0.25, 0.3) is 0 Å². The average molecular weight is 260 g/mol. The summed E-state index contributed by atoms with van der Waals surface area (Å²) in [5, 5.41) is 2.24. The predicted octanol–water partition coefficient (Wildman–Crippen LogP) is 2.64. The van der Waals surface area contributed by atoms with Crippen LogP contribution in [0, 0.1) is 0 Å². The number of benzene rings is 2. The summed E-state index contributed by atoms with van der Waals surface area (Å²) in [5.74, 6) is 0. The van der Waals surface area contributed by atoms with Crippen LogP contribution in [0.1, 0.15) is 17.2 Å². The van der Waals surface area contributed by atoms with Crippen molar-refractivity contribution >= 4 is 46.2 Å². The minimum atomic E-state index is -0.155. The molecule has 0 radical (unpaired) electrons. The molecule has 2 aromatic carbocycles. The van der Waals surface area contributed by atoms with Crippen LogP contribution < -0.4 is 11.5 Å². The van der Waals surface area contributed by atoms with Crippen molar-refractivity contribution in [1.29, 1.82) is 0 Å². The van der Waals surface area contributed by atoms with Crippen molar-refractivity contribution < 1.29 is 0 Å². The molecule has 2 nitrogen and oxygen atoms in total. The van der Waals surface area contributed by atoms with Crippen LogP contribution in [-0.2, 0) is 6.42 Å². The summed E-state index contributed by atoms with van der Waals surface area (Å²) in [6.07, 6.45) is 0.724. The zero-order valence-electron chi connectivity index (χ0n) is 9.10. The summed E-state index contributed by atoms with van der Waals surface area (Å²) < 4.78 is 0. The molecule has 0 saturated heterocycles. The van der Waals surface area contributed by atoms with E-state index in [1.165, 1.54) is 5.39 Å². The lowest BCUT2D eigenvalue weighted by Crippen LogP contribution is -2.25. The number of anilines is 1. The van der Waals surface area contributed by atoms with E-state index < -0.39 is 0 Å². The molecule has 0 bridgehead atoms. The molecule has 0 saturated carbocycles. The van der Waals surface area contributed by atoms with Crippen LogP contribution in [0.2, 0.25) is 0 Å². The first-order chi connectivity index (χ1) is 8.09.